The molecule has 0 fully saturated rings. The van der Waals surface area contributed by atoms with E-state index >= 15 is 0 Å². The first-order valence-corrected chi connectivity index (χ1v) is 7.55. The molecule has 0 aliphatic heterocycles. The first-order valence-electron chi connectivity index (χ1n) is 6.07. The fourth-order valence-electron chi connectivity index (χ4n) is 1.82. The molecule has 3 N–H and O–H groups in total. The number of nitrogens with one attached hydrogen (secondary N) is 1. The van der Waals surface area contributed by atoms with Crippen LogP contribution in [0.5, 0.6) is 11.5 Å². The topological polar surface area (TPSA) is 90.6 Å². The van der Waals surface area contributed by atoms with Gasteiger partial charge in [-0.05, 0) is 24.3 Å². The number of ether oxygens (including phenoxy) is 2. The van der Waals surface area contributed by atoms with Crippen LogP contribution in [0.25, 0.3) is 0 Å². The van der Waals surface area contributed by atoms with Gasteiger partial charge in [-0.15, -0.1) is 0 Å². The van der Waals surface area contributed by atoms with Crippen molar-refractivity contribution in [2.45, 2.75) is 4.90 Å². The number of rotatable bonds is 5. The molecule has 6 nitrogen and oxygen atoms in total. The van der Waals surface area contributed by atoms with Crippen LogP contribution in [0.3, 0.4) is 0 Å². The molecule has 2 aromatic carbocycles. The Morgan fingerprint density at radius 3 is 2.38 bits per heavy atom. The summed E-state index contributed by atoms with van der Waals surface area (Å²) in [4.78, 5) is 0.00914. The number of methoxy groups -OCH3 is 2. The molecule has 2 aromatic rings. The van der Waals surface area contributed by atoms with E-state index in [0.29, 0.717) is 11.5 Å². The Bertz CT molecular complexity index is 744. The molecule has 0 bridgehead atoms. The zero-order valence-corrected chi connectivity index (χ0v) is 12.5. The molecule has 21 heavy (non-hydrogen) atoms. The number of nitrogen functional groups attached to an aromatic ring is 1. The van der Waals surface area contributed by atoms with Gasteiger partial charge in [-0.3, -0.25) is 4.72 Å². The predicted octanol–water partition coefficient (Wildman–Crippen LogP) is 2.09. The fraction of sp³-hybridized carbons (Fsp3) is 0.143. The Balaban J connectivity index is 2.43. The van der Waals surface area contributed by atoms with Gasteiger partial charge in [0.2, 0.25) is 0 Å². The molecule has 0 heterocycles. The van der Waals surface area contributed by atoms with Crippen LogP contribution >= 0.6 is 0 Å². The third-order valence-electron chi connectivity index (χ3n) is 2.86. The lowest BCUT2D eigenvalue weighted by atomic mass is 10.3. The number of anilines is 2. The highest BCUT2D eigenvalue weighted by Crippen LogP contribution is 2.31. The maximum atomic E-state index is 12.4. The normalized spacial score (nSPS) is 11.0. The van der Waals surface area contributed by atoms with Gasteiger partial charge in [-0.25, -0.2) is 8.42 Å². The van der Waals surface area contributed by atoms with E-state index in [-0.39, 0.29) is 16.3 Å². The lowest BCUT2D eigenvalue weighted by Gasteiger charge is -2.14. The zero-order chi connectivity index (χ0) is 15.5. The van der Waals surface area contributed by atoms with Gasteiger partial charge in [0.25, 0.3) is 10.0 Å². The van der Waals surface area contributed by atoms with Crippen molar-refractivity contribution in [3.63, 3.8) is 0 Å². The molecule has 0 amide bonds. The largest absolute Gasteiger partial charge is 0.497 e. The molecular weight excluding hydrogens is 292 g/mol. The second-order valence-corrected chi connectivity index (χ2v) is 5.86. The Kier molecular flexibility index (Phi) is 4.23. The molecule has 0 aliphatic carbocycles. The van der Waals surface area contributed by atoms with Crippen LogP contribution in [0.4, 0.5) is 11.4 Å². The van der Waals surface area contributed by atoms with Gasteiger partial charge in [-0.1, -0.05) is 12.1 Å². The third-order valence-corrected chi connectivity index (χ3v) is 4.30. The van der Waals surface area contributed by atoms with Crippen LogP contribution in [0.1, 0.15) is 0 Å². The van der Waals surface area contributed by atoms with E-state index in [9.17, 15) is 8.42 Å². The number of benzene rings is 2. The molecular formula is C14H16N2O4S. The summed E-state index contributed by atoms with van der Waals surface area (Å²) in [6.45, 7) is 0. The first kappa shape index (κ1) is 15.0. The molecule has 0 saturated carbocycles. The van der Waals surface area contributed by atoms with Crippen molar-refractivity contribution in [2.24, 2.45) is 0 Å². The second-order valence-electron chi connectivity index (χ2n) is 4.21. The van der Waals surface area contributed by atoms with Gasteiger partial charge in [0, 0.05) is 6.07 Å². The van der Waals surface area contributed by atoms with Gasteiger partial charge in [0.05, 0.1) is 25.6 Å². The molecule has 112 valence electrons. The smallest absolute Gasteiger partial charge is 0.264 e. The fourth-order valence-corrected chi connectivity index (χ4v) is 3.01. The van der Waals surface area contributed by atoms with Gasteiger partial charge in [0.1, 0.15) is 16.4 Å². The summed E-state index contributed by atoms with van der Waals surface area (Å²) in [5.74, 6) is 0.892. The summed E-state index contributed by atoms with van der Waals surface area (Å²) in [7, 11) is -0.862. The van der Waals surface area contributed by atoms with Crippen molar-refractivity contribution in [1.82, 2.24) is 0 Å². The minimum atomic E-state index is -3.81. The van der Waals surface area contributed by atoms with E-state index < -0.39 is 10.0 Å². The monoisotopic (exact) mass is 308 g/mol. The van der Waals surface area contributed by atoms with Crippen LogP contribution in [-0.2, 0) is 10.0 Å². The Morgan fingerprint density at radius 2 is 1.76 bits per heavy atom. The SMILES string of the molecule is COc1ccc(OC)c(NS(=O)(=O)c2ccccc2N)c1. The number of para-hydroxylation sites is 1. The second kappa shape index (κ2) is 5.92. The molecule has 0 aliphatic rings. The average molecular weight is 308 g/mol. The van der Waals surface area contributed by atoms with Crippen molar-refractivity contribution in [3.05, 3.63) is 42.5 Å². The quantitative estimate of drug-likeness (QED) is 0.825. The number of sulfonamides is 1. The predicted molar refractivity (Wildman–Crippen MR) is 81.2 cm³/mol. The van der Waals surface area contributed by atoms with E-state index in [1.165, 1.54) is 32.4 Å². The van der Waals surface area contributed by atoms with Gasteiger partial charge in [0.15, 0.2) is 0 Å². The summed E-state index contributed by atoms with van der Waals surface area (Å²) in [5, 5.41) is 0. The van der Waals surface area contributed by atoms with Gasteiger partial charge < -0.3 is 15.2 Å². The van der Waals surface area contributed by atoms with Crippen molar-refractivity contribution in [1.29, 1.82) is 0 Å². The Hall–Kier alpha value is -2.41. The number of nitrogens with two attached hydrogens (primary N) is 1. The lowest BCUT2D eigenvalue weighted by molar-refractivity contribution is 0.405. The lowest BCUT2D eigenvalue weighted by Crippen LogP contribution is -2.15. The van der Waals surface area contributed by atoms with Crippen molar-refractivity contribution < 1.29 is 17.9 Å². The highest BCUT2D eigenvalue weighted by molar-refractivity contribution is 7.92. The van der Waals surface area contributed by atoms with Gasteiger partial charge in [-0.2, -0.15) is 0 Å². The maximum Gasteiger partial charge on any atom is 0.264 e. The average Bonchev–Trinajstić information content (AvgIpc) is 2.47. The van der Waals surface area contributed by atoms with Crippen LogP contribution < -0.4 is 19.9 Å². The molecule has 2 rings (SSSR count). The summed E-state index contributed by atoms with van der Waals surface area (Å²) in [6.07, 6.45) is 0. The highest BCUT2D eigenvalue weighted by Gasteiger charge is 2.19. The summed E-state index contributed by atoms with van der Waals surface area (Å²) < 4.78 is 37.5. The third kappa shape index (κ3) is 3.19. The summed E-state index contributed by atoms with van der Waals surface area (Å²) in [6, 6.07) is 11.1. The molecule has 0 atom stereocenters. The summed E-state index contributed by atoms with van der Waals surface area (Å²) in [5.41, 5.74) is 6.16. The van der Waals surface area contributed by atoms with E-state index in [1.54, 1.807) is 24.3 Å². The molecule has 0 saturated heterocycles. The summed E-state index contributed by atoms with van der Waals surface area (Å²) >= 11 is 0. The van der Waals surface area contributed by atoms with Crippen LogP contribution in [0.2, 0.25) is 0 Å². The zero-order valence-electron chi connectivity index (χ0n) is 11.7. The highest BCUT2D eigenvalue weighted by atomic mass is 32.2. The molecule has 0 aromatic heterocycles. The van der Waals surface area contributed by atoms with Crippen molar-refractivity contribution in [3.8, 4) is 11.5 Å². The van der Waals surface area contributed by atoms with E-state index in [4.69, 9.17) is 15.2 Å². The van der Waals surface area contributed by atoms with Crippen molar-refractivity contribution >= 4 is 21.4 Å². The molecule has 0 spiro atoms. The minimum absolute atomic E-state index is 0.00914. The van der Waals surface area contributed by atoms with E-state index in [1.807, 2.05) is 0 Å². The Labute approximate surface area is 123 Å². The molecule has 7 heteroatoms. The van der Waals surface area contributed by atoms with E-state index in [2.05, 4.69) is 4.72 Å². The van der Waals surface area contributed by atoms with E-state index in [0.717, 1.165) is 0 Å². The van der Waals surface area contributed by atoms with Crippen LogP contribution in [0.15, 0.2) is 47.4 Å². The minimum Gasteiger partial charge on any atom is -0.497 e. The molecule has 0 unspecified atom stereocenters. The maximum absolute atomic E-state index is 12.4. The number of hydrogen-bond acceptors (Lipinski definition) is 5. The standard InChI is InChI=1S/C14H16N2O4S/c1-19-10-7-8-13(20-2)12(9-10)16-21(17,18)14-6-4-3-5-11(14)15/h3-9,16H,15H2,1-2H3. The van der Waals surface area contributed by atoms with Crippen LogP contribution in [-0.4, -0.2) is 22.6 Å². The Morgan fingerprint density at radius 1 is 1.05 bits per heavy atom. The van der Waals surface area contributed by atoms with Crippen molar-refractivity contribution in [2.75, 3.05) is 24.7 Å². The molecule has 0 radical (unpaired) electrons. The first-order chi connectivity index (χ1) is 9.97. The van der Waals surface area contributed by atoms with Gasteiger partial charge >= 0.3 is 0 Å². The van der Waals surface area contributed by atoms with Crippen LogP contribution in [0, 0.1) is 0 Å². The number of hydrogen-bond donors (Lipinski definition) is 2.